The van der Waals surface area contributed by atoms with Gasteiger partial charge >= 0.3 is 0 Å². The van der Waals surface area contributed by atoms with Gasteiger partial charge in [0.15, 0.2) is 0 Å². The van der Waals surface area contributed by atoms with E-state index in [1.54, 1.807) is 0 Å². The van der Waals surface area contributed by atoms with Crippen molar-refractivity contribution < 1.29 is 0 Å². The molecule has 0 amide bonds. The summed E-state index contributed by atoms with van der Waals surface area (Å²) >= 11 is 0. The maximum absolute atomic E-state index is 3.86. The molecule has 118 valence electrons. The normalized spacial score (nSPS) is 20.0. The van der Waals surface area contributed by atoms with E-state index in [4.69, 9.17) is 0 Å². The first-order valence-electron chi connectivity index (χ1n) is 8.97. The Morgan fingerprint density at radius 2 is 1.81 bits per heavy atom. The Morgan fingerprint density at radius 1 is 1.10 bits per heavy atom. The lowest BCUT2D eigenvalue weighted by atomic mass is 9.92. The van der Waals surface area contributed by atoms with Crippen LogP contribution < -0.4 is 5.32 Å². The van der Waals surface area contributed by atoms with E-state index in [2.05, 4.69) is 50.4 Å². The second-order valence-electron chi connectivity index (χ2n) is 7.14. The van der Waals surface area contributed by atoms with Gasteiger partial charge in [-0.15, -0.1) is 0 Å². The number of hydrogen-bond donors (Lipinski definition) is 1. The second kappa shape index (κ2) is 8.58. The van der Waals surface area contributed by atoms with Gasteiger partial charge in [-0.25, -0.2) is 0 Å². The van der Waals surface area contributed by atoms with Crippen LogP contribution in [0.4, 0.5) is 0 Å². The SMILES string of the molecule is Cc1cccc(CCC(C)N[C@H](C)C2CCCCCC2)c1. The van der Waals surface area contributed by atoms with Crippen LogP contribution in [0, 0.1) is 12.8 Å². The summed E-state index contributed by atoms with van der Waals surface area (Å²) in [4.78, 5) is 0. The van der Waals surface area contributed by atoms with Crippen molar-refractivity contribution in [2.75, 3.05) is 0 Å². The van der Waals surface area contributed by atoms with Crippen molar-refractivity contribution in [2.24, 2.45) is 5.92 Å². The molecule has 0 heterocycles. The molecule has 1 unspecified atom stereocenters. The van der Waals surface area contributed by atoms with Gasteiger partial charge in [0.1, 0.15) is 0 Å². The van der Waals surface area contributed by atoms with E-state index >= 15 is 0 Å². The Kier molecular flexibility index (Phi) is 6.76. The number of nitrogens with one attached hydrogen (secondary N) is 1. The van der Waals surface area contributed by atoms with Crippen LogP contribution >= 0.6 is 0 Å². The fourth-order valence-electron chi connectivity index (χ4n) is 3.73. The van der Waals surface area contributed by atoms with Crippen LogP contribution in [0.3, 0.4) is 0 Å². The van der Waals surface area contributed by atoms with Gasteiger partial charge in [0, 0.05) is 12.1 Å². The molecule has 0 aromatic heterocycles. The molecule has 1 fully saturated rings. The lowest BCUT2D eigenvalue weighted by molar-refractivity contribution is 0.309. The number of rotatable bonds is 6. The zero-order valence-electron chi connectivity index (χ0n) is 14.2. The summed E-state index contributed by atoms with van der Waals surface area (Å²) in [6.45, 7) is 6.93. The molecule has 1 aromatic carbocycles. The third kappa shape index (κ3) is 5.82. The fraction of sp³-hybridized carbons (Fsp3) is 0.700. The van der Waals surface area contributed by atoms with Crippen molar-refractivity contribution >= 4 is 0 Å². The lowest BCUT2D eigenvalue weighted by Crippen LogP contribution is -2.39. The monoisotopic (exact) mass is 287 g/mol. The van der Waals surface area contributed by atoms with E-state index in [0.717, 1.165) is 5.92 Å². The summed E-state index contributed by atoms with van der Waals surface area (Å²) in [7, 11) is 0. The molecular formula is C20H33N. The first-order valence-corrected chi connectivity index (χ1v) is 8.97. The molecule has 1 aromatic rings. The first kappa shape index (κ1) is 16.5. The highest BCUT2D eigenvalue weighted by atomic mass is 14.9. The third-order valence-electron chi connectivity index (χ3n) is 5.10. The lowest BCUT2D eigenvalue weighted by Gasteiger charge is -2.27. The van der Waals surface area contributed by atoms with Crippen molar-refractivity contribution in [3.8, 4) is 0 Å². The molecule has 1 aliphatic carbocycles. The highest BCUT2D eigenvalue weighted by Gasteiger charge is 2.20. The Hall–Kier alpha value is -0.820. The van der Waals surface area contributed by atoms with Crippen molar-refractivity contribution in [1.82, 2.24) is 5.32 Å². The third-order valence-corrected chi connectivity index (χ3v) is 5.10. The van der Waals surface area contributed by atoms with E-state index in [1.807, 2.05) is 0 Å². The summed E-state index contributed by atoms with van der Waals surface area (Å²) in [5.74, 6) is 0.897. The number of hydrogen-bond acceptors (Lipinski definition) is 1. The van der Waals surface area contributed by atoms with Gasteiger partial charge < -0.3 is 5.32 Å². The van der Waals surface area contributed by atoms with Crippen LogP contribution in [0.5, 0.6) is 0 Å². The van der Waals surface area contributed by atoms with Crippen LogP contribution in [-0.4, -0.2) is 12.1 Å². The number of benzene rings is 1. The fourth-order valence-corrected chi connectivity index (χ4v) is 3.73. The molecule has 0 saturated heterocycles. The van der Waals surface area contributed by atoms with Gasteiger partial charge in [0.25, 0.3) is 0 Å². The molecule has 1 nitrogen and oxygen atoms in total. The maximum atomic E-state index is 3.86. The van der Waals surface area contributed by atoms with Crippen LogP contribution in [0.15, 0.2) is 24.3 Å². The maximum Gasteiger partial charge on any atom is 0.00694 e. The zero-order valence-corrected chi connectivity index (χ0v) is 14.2. The molecule has 2 rings (SSSR count). The van der Waals surface area contributed by atoms with E-state index in [1.165, 1.54) is 62.5 Å². The van der Waals surface area contributed by atoms with Crippen LogP contribution in [-0.2, 0) is 6.42 Å². The zero-order chi connectivity index (χ0) is 15.1. The number of aryl methyl sites for hydroxylation is 2. The van der Waals surface area contributed by atoms with Gasteiger partial charge in [0.2, 0.25) is 0 Å². The predicted octanol–water partition coefficient (Wildman–Crippen LogP) is 5.26. The smallest absolute Gasteiger partial charge is 0.00694 e. The van der Waals surface area contributed by atoms with Crippen molar-refractivity contribution in [1.29, 1.82) is 0 Å². The van der Waals surface area contributed by atoms with Gasteiger partial charge in [-0.2, -0.15) is 0 Å². The molecule has 2 atom stereocenters. The topological polar surface area (TPSA) is 12.0 Å². The van der Waals surface area contributed by atoms with E-state index in [0.29, 0.717) is 12.1 Å². The Bertz CT molecular complexity index is 404. The minimum atomic E-state index is 0.615. The van der Waals surface area contributed by atoms with Gasteiger partial charge in [-0.05, 0) is 57.9 Å². The molecule has 0 spiro atoms. The average Bonchev–Trinajstić information content (AvgIpc) is 2.74. The standard InChI is InChI=1S/C20H33N/c1-16-9-8-10-19(15-16)14-13-17(2)21-18(3)20-11-6-4-5-7-12-20/h8-10,15,17-18,20-21H,4-7,11-14H2,1-3H3/t17?,18-/m1/s1. The van der Waals surface area contributed by atoms with Crippen LogP contribution in [0.25, 0.3) is 0 Å². The van der Waals surface area contributed by atoms with Gasteiger partial charge in [-0.3, -0.25) is 0 Å². The predicted molar refractivity (Wildman–Crippen MR) is 92.8 cm³/mol. The quantitative estimate of drug-likeness (QED) is 0.703. The van der Waals surface area contributed by atoms with Crippen molar-refractivity contribution in [3.05, 3.63) is 35.4 Å². The molecule has 1 aliphatic rings. The molecule has 0 radical (unpaired) electrons. The van der Waals surface area contributed by atoms with Crippen LogP contribution in [0.2, 0.25) is 0 Å². The molecule has 1 saturated carbocycles. The van der Waals surface area contributed by atoms with E-state index in [9.17, 15) is 0 Å². The summed E-state index contributed by atoms with van der Waals surface area (Å²) in [6.07, 6.45) is 11.1. The minimum absolute atomic E-state index is 0.615. The first-order chi connectivity index (χ1) is 10.1. The largest absolute Gasteiger partial charge is 0.311 e. The Balaban J connectivity index is 1.74. The van der Waals surface area contributed by atoms with Gasteiger partial charge in [-0.1, -0.05) is 55.5 Å². The summed E-state index contributed by atoms with van der Waals surface area (Å²) < 4.78 is 0. The summed E-state index contributed by atoms with van der Waals surface area (Å²) in [5, 5.41) is 3.86. The highest BCUT2D eigenvalue weighted by molar-refractivity contribution is 5.22. The van der Waals surface area contributed by atoms with Crippen LogP contribution in [0.1, 0.15) is 69.9 Å². The average molecular weight is 287 g/mol. The molecule has 0 bridgehead atoms. The summed E-state index contributed by atoms with van der Waals surface area (Å²) in [5.41, 5.74) is 2.85. The molecule has 21 heavy (non-hydrogen) atoms. The van der Waals surface area contributed by atoms with E-state index in [-0.39, 0.29) is 0 Å². The highest BCUT2D eigenvalue weighted by Crippen LogP contribution is 2.25. The van der Waals surface area contributed by atoms with Crippen molar-refractivity contribution in [2.45, 2.75) is 84.2 Å². The molecule has 0 aliphatic heterocycles. The second-order valence-corrected chi connectivity index (χ2v) is 7.14. The minimum Gasteiger partial charge on any atom is -0.311 e. The Labute approximate surface area is 131 Å². The Morgan fingerprint density at radius 3 is 2.48 bits per heavy atom. The molecule has 1 N–H and O–H groups in total. The molecule has 1 heteroatoms. The summed E-state index contributed by atoms with van der Waals surface area (Å²) in [6, 6.07) is 10.2. The van der Waals surface area contributed by atoms with Gasteiger partial charge in [0.05, 0.1) is 0 Å². The molecular weight excluding hydrogens is 254 g/mol. The van der Waals surface area contributed by atoms with E-state index < -0.39 is 0 Å². The van der Waals surface area contributed by atoms with Crippen molar-refractivity contribution in [3.63, 3.8) is 0 Å².